The van der Waals surface area contributed by atoms with Gasteiger partial charge < -0.3 is 10.3 Å². The molecule has 0 saturated carbocycles. The number of halogens is 1. The molecule has 0 bridgehead atoms. The Morgan fingerprint density at radius 3 is 2.70 bits per heavy atom. The summed E-state index contributed by atoms with van der Waals surface area (Å²) in [6.45, 7) is 1.83. The largest absolute Gasteiger partial charge is 0.342 e. The Kier molecular flexibility index (Phi) is 2.95. The zero-order chi connectivity index (χ0) is 14.1. The second-order valence-corrected chi connectivity index (χ2v) is 4.48. The quantitative estimate of drug-likeness (QED) is 0.750. The Balaban J connectivity index is 1.94. The van der Waals surface area contributed by atoms with Gasteiger partial charge in [-0.1, -0.05) is 6.07 Å². The predicted octanol–water partition coefficient (Wildman–Crippen LogP) is 3.26. The number of aromatic nitrogens is 2. The smallest absolute Gasteiger partial charge is 0.257 e. The van der Waals surface area contributed by atoms with Crippen molar-refractivity contribution in [3.63, 3.8) is 0 Å². The molecule has 0 saturated heterocycles. The Morgan fingerprint density at radius 1 is 1.20 bits per heavy atom. The number of imidazole rings is 1. The van der Waals surface area contributed by atoms with Crippen molar-refractivity contribution in [2.75, 3.05) is 5.32 Å². The van der Waals surface area contributed by atoms with Crippen LogP contribution < -0.4 is 5.32 Å². The normalized spacial score (nSPS) is 10.7. The minimum Gasteiger partial charge on any atom is -0.342 e. The summed E-state index contributed by atoms with van der Waals surface area (Å²) in [7, 11) is 0. The van der Waals surface area contributed by atoms with E-state index in [0.717, 1.165) is 11.3 Å². The molecule has 0 aliphatic heterocycles. The molecule has 1 aromatic heterocycles. The molecule has 0 radical (unpaired) electrons. The molecular weight excluding hydrogens is 257 g/mol. The van der Waals surface area contributed by atoms with Crippen LogP contribution in [0.5, 0.6) is 0 Å². The van der Waals surface area contributed by atoms with Crippen LogP contribution in [-0.4, -0.2) is 15.9 Å². The molecule has 20 heavy (non-hydrogen) atoms. The first kappa shape index (κ1) is 12.3. The topological polar surface area (TPSA) is 57.8 Å². The summed E-state index contributed by atoms with van der Waals surface area (Å²) in [6.07, 6.45) is 0. The summed E-state index contributed by atoms with van der Waals surface area (Å²) in [5.74, 6) is 0.142. The number of hydrogen-bond donors (Lipinski definition) is 2. The van der Waals surface area contributed by atoms with Crippen LogP contribution in [0.15, 0.2) is 42.5 Å². The van der Waals surface area contributed by atoms with Crippen molar-refractivity contribution in [3.05, 3.63) is 59.7 Å². The molecule has 0 fully saturated rings. The molecule has 2 N–H and O–H groups in total. The third kappa shape index (κ3) is 2.25. The van der Waals surface area contributed by atoms with E-state index in [-0.39, 0.29) is 11.7 Å². The third-order valence-electron chi connectivity index (χ3n) is 2.98. The summed E-state index contributed by atoms with van der Waals surface area (Å²) in [4.78, 5) is 19.7. The van der Waals surface area contributed by atoms with Gasteiger partial charge in [0.05, 0.1) is 11.1 Å². The summed E-state index contributed by atoms with van der Waals surface area (Å²) in [6, 6.07) is 11.0. The number of carbonyl (C=O) groups is 1. The van der Waals surface area contributed by atoms with Gasteiger partial charge in [0.1, 0.15) is 17.2 Å². The Morgan fingerprint density at radius 2 is 1.95 bits per heavy atom. The zero-order valence-corrected chi connectivity index (χ0v) is 10.8. The number of nitrogens with one attached hydrogen (secondary N) is 2. The van der Waals surface area contributed by atoms with Gasteiger partial charge in [-0.05, 0) is 43.3 Å². The summed E-state index contributed by atoms with van der Waals surface area (Å²) in [5, 5.41) is 2.73. The molecule has 1 heterocycles. The number of rotatable bonds is 2. The molecule has 100 valence electrons. The lowest BCUT2D eigenvalue weighted by Gasteiger charge is -2.05. The molecule has 3 aromatic rings. The van der Waals surface area contributed by atoms with Gasteiger partial charge in [-0.25, -0.2) is 9.37 Å². The van der Waals surface area contributed by atoms with E-state index < -0.39 is 0 Å². The Bertz CT molecular complexity index is 777. The minimum atomic E-state index is -0.340. The number of aryl methyl sites for hydroxylation is 1. The van der Waals surface area contributed by atoms with Crippen LogP contribution in [0.3, 0.4) is 0 Å². The van der Waals surface area contributed by atoms with E-state index in [1.54, 1.807) is 12.1 Å². The SMILES string of the molecule is Cc1nc2c(C(=O)Nc3ccc(F)cc3)cccc2[nH]1. The van der Waals surface area contributed by atoms with Crippen molar-refractivity contribution in [3.8, 4) is 0 Å². The standard InChI is InChI=1S/C15H12FN3O/c1-9-17-13-4-2-3-12(14(13)18-9)15(20)19-11-7-5-10(16)6-8-11/h2-8H,1H3,(H,17,18)(H,19,20). The number of H-pyrrole nitrogens is 1. The van der Waals surface area contributed by atoms with Crippen LogP contribution in [0.2, 0.25) is 0 Å². The second-order valence-electron chi connectivity index (χ2n) is 4.48. The summed E-state index contributed by atoms with van der Waals surface area (Å²) >= 11 is 0. The van der Waals surface area contributed by atoms with E-state index in [1.165, 1.54) is 24.3 Å². The molecule has 0 aliphatic carbocycles. The van der Waals surface area contributed by atoms with E-state index in [4.69, 9.17) is 0 Å². The second kappa shape index (κ2) is 4.77. The van der Waals surface area contributed by atoms with E-state index in [9.17, 15) is 9.18 Å². The molecule has 0 atom stereocenters. The van der Waals surface area contributed by atoms with Gasteiger partial charge >= 0.3 is 0 Å². The van der Waals surface area contributed by atoms with E-state index in [1.807, 2.05) is 13.0 Å². The van der Waals surface area contributed by atoms with Gasteiger partial charge in [0.2, 0.25) is 0 Å². The lowest BCUT2D eigenvalue weighted by molar-refractivity contribution is 0.102. The maximum absolute atomic E-state index is 12.8. The lowest BCUT2D eigenvalue weighted by Crippen LogP contribution is -2.12. The van der Waals surface area contributed by atoms with Crippen LogP contribution in [-0.2, 0) is 0 Å². The van der Waals surface area contributed by atoms with Gasteiger partial charge in [0.25, 0.3) is 5.91 Å². The fourth-order valence-electron chi connectivity index (χ4n) is 2.07. The number of aromatic amines is 1. The fraction of sp³-hybridized carbons (Fsp3) is 0.0667. The van der Waals surface area contributed by atoms with E-state index in [2.05, 4.69) is 15.3 Å². The number of amides is 1. The first-order chi connectivity index (χ1) is 9.63. The molecular formula is C15H12FN3O. The number of benzene rings is 2. The van der Waals surface area contributed by atoms with E-state index in [0.29, 0.717) is 16.8 Å². The molecule has 0 unspecified atom stereocenters. The van der Waals surface area contributed by atoms with Crippen molar-refractivity contribution in [2.45, 2.75) is 6.92 Å². The summed E-state index contributed by atoms with van der Waals surface area (Å²) < 4.78 is 12.8. The number of nitrogens with zero attached hydrogens (tertiary/aromatic N) is 1. The molecule has 2 aromatic carbocycles. The van der Waals surface area contributed by atoms with Crippen LogP contribution in [0, 0.1) is 12.7 Å². The van der Waals surface area contributed by atoms with Crippen molar-refractivity contribution < 1.29 is 9.18 Å². The van der Waals surface area contributed by atoms with Crippen molar-refractivity contribution in [2.24, 2.45) is 0 Å². The van der Waals surface area contributed by atoms with Crippen LogP contribution in [0.4, 0.5) is 10.1 Å². The number of carbonyl (C=O) groups excluding carboxylic acids is 1. The highest BCUT2D eigenvalue weighted by Crippen LogP contribution is 2.18. The average molecular weight is 269 g/mol. The lowest BCUT2D eigenvalue weighted by atomic mass is 10.1. The molecule has 4 nitrogen and oxygen atoms in total. The average Bonchev–Trinajstić information content (AvgIpc) is 2.81. The number of anilines is 1. The minimum absolute atomic E-state index is 0.270. The van der Waals surface area contributed by atoms with Gasteiger partial charge in [-0.2, -0.15) is 0 Å². The van der Waals surface area contributed by atoms with Crippen molar-refractivity contribution >= 4 is 22.6 Å². The summed E-state index contributed by atoms with van der Waals surface area (Å²) in [5.41, 5.74) is 2.47. The highest BCUT2D eigenvalue weighted by molar-refractivity contribution is 6.11. The first-order valence-corrected chi connectivity index (χ1v) is 6.16. The maximum atomic E-state index is 12.8. The zero-order valence-electron chi connectivity index (χ0n) is 10.8. The Labute approximate surface area is 114 Å². The highest BCUT2D eigenvalue weighted by Gasteiger charge is 2.12. The highest BCUT2D eigenvalue weighted by atomic mass is 19.1. The van der Waals surface area contributed by atoms with Crippen LogP contribution >= 0.6 is 0 Å². The van der Waals surface area contributed by atoms with E-state index >= 15 is 0 Å². The van der Waals surface area contributed by atoms with Crippen LogP contribution in [0.25, 0.3) is 11.0 Å². The monoisotopic (exact) mass is 269 g/mol. The van der Waals surface area contributed by atoms with Gasteiger partial charge in [0.15, 0.2) is 0 Å². The van der Waals surface area contributed by atoms with Crippen molar-refractivity contribution in [1.82, 2.24) is 9.97 Å². The molecule has 5 heteroatoms. The number of para-hydroxylation sites is 1. The Hall–Kier alpha value is -2.69. The molecule has 0 spiro atoms. The van der Waals surface area contributed by atoms with Crippen molar-refractivity contribution in [1.29, 1.82) is 0 Å². The number of fused-ring (bicyclic) bond motifs is 1. The van der Waals surface area contributed by atoms with Gasteiger partial charge in [-0.3, -0.25) is 4.79 Å². The predicted molar refractivity (Wildman–Crippen MR) is 75.2 cm³/mol. The first-order valence-electron chi connectivity index (χ1n) is 6.16. The molecule has 3 rings (SSSR count). The molecule has 1 amide bonds. The van der Waals surface area contributed by atoms with Gasteiger partial charge in [-0.15, -0.1) is 0 Å². The van der Waals surface area contributed by atoms with Crippen LogP contribution in [0.1, 0.15) is 16.2 Å². The van der Waals surface area contributed by atoms with Gasteiger partial charge in [0, 0.05) is 5.69 Å². The molecule has 0 aliphatic rings. The third-order valence-corrected chi connectivity index (χ3v) is 2.98. The fourth-order valence-corrected chi connectivity index (χ4v) is 2.07. The number of hydrogen-bond acceptors (Lipinski definition) is 2. The maximum Gasteiger partial charge on any atom is 0.257 e.